The van der Waals surface area contributed by atoms with E-state index in [1.165, 1.54) is 12.1 Å². The minimum atomic E-state index is -0.720. The number of hydrogen-bond donors (Lipinski definition) is 1. The predicted octanol–water partition coefficient (Wildman–Crippen LogP) is 5.39. The monoisotopic (exact) mass is 520 g/mol. The molecular formula is C24H17BrN4O5. The quantitative estimate of drug-likeness (QED) is 0.272. The Kier molecular flexibility index (Phi) is 6.13. The third kappa shape index (κ3) is 3.60. The van der Waals surface area contributed by atoms with E-state index in [2.05, 4.69) is 26.2 Å². The molecule has 4 rings (SSSR count). The standard InChI is InChI=1S/C24H17BrN4O5/c1-3-29-22(31)15-10-13(11-26)19(18(25)17(15)23(29)32)27-28-20-14-8-6-5-7-12(14)9-16(21(20)30)24(33)34-4-2/h5-10,30H,3-4H2,1-2H3. The zero-order chi connectivity index (χ0) is 24.6. The van der Waals surface area contributed by atoms with Crippen LogP contribution in [-0.4, -0.2) is 40.9 Å². The summed E-state index contributed by atoms with van der Waals surface area (Å²) in [6, 6.07) is 11.7. The third-order valence-corrected chi connectivity index (χ3v) is 6.12. The van der Waals surface area contributed by atoms with E-state index in [0.29, 0.717) is 10.8 Å². The van der Waals surface area contributed by atoms with Crippen molar-refractivity contribution < 1.29 is 24.2 Å². The molecule has 9 nitrogen and oxygen atoms in total. The Hall–Kier alpha value is -4.10. The van der Waals surface area contributed by atoms with E-state index in [9.17, 15) is 24.8 Å². The van der Waals surface area contributed by atoms with Crippen LogP contribution in [0.15, 0.2) is 51.1 Å². The zero-order valence-electron chi connectivity index (χ0n) is 18.1. The van der Waals surface area contributed by atoms with Crippen molar-refractivity contribution in [2.45, 2.75) is 13.8 Å². The number of carbonyl (C=O) groups excluding carboxylic acids is 3. The van der Waals surface area contributed by atoms with Crippen LogP contribution >= 0.6 is 15.9 Å². The van der Waals surface area contributed by atoms with E-state index in [4.69, 9.17) is 4.74 Å². The number of azo groups is 1. The van der Waals surface area contributed by atoms with Crippen LogP contribution in [0.2, 0.25) is 0 Å². The van der Waals surface area contributed by atoms with Gasteiger partial charge >= 0.3 is 5.97 Å². The number of aromatic hydroxyl groups is 1. The lowest BCUT2D eigenvalue weighted by molar-refractivity contribution is 0.0522. The lowest BCUT2D eigenvalue weighted by Gasteiger charge is -2.10. The first-order valence-corrected chi connectivity index (χ1v) is 11.1. The molecule has 1 aliphatic rings. The SMILES string of the molecule is CCOC(=O)c1cc2ccccc2c(N=Nc2c(C#N)cc3c(c2Br)C(=O)N(CC)C3=O)c1O. The molecule has 0 saturated heterocycles. The summed E-state index contributed by atoms with van der Waals surface area (Å²) in [5.74, 6) is -2.15. The van der Waals surface area contributed by atoms with Crippen molar-refractivity contribution in [1.82, 2.24) is 4.90 Å². The molecule has 0 atom stereocenters. The number of phenols is 1. The molecular weight excluding hydrogens is 504 g/mol. The molecule has 0 fully saturated rings. The highest BCUT2D eigenvalue weighted by molar-refractivity contribution is 9.10. The summed E-state index contributed by atoms with van der Waals surface area (Å²) in [6.07, 6.45) is 0. The summed E-state index contributed by atoms with van der Waals surface area (Å²) in [7, 11) is 0. The van der Waals surface area contributed by atoms with E-state index in [0.717, 1.165) is 4.90 Å². The van der Waals surface area contributed by atoms with Gasteiger partial charge < -0.3 is 9.84 Å². The smallest absolute Gasteiger partial charge is 0.342 e. The Bertz CT molecular complexity index is 1460. The zero-order valence-corrected chi connectivity index (χ0v) is 19.7. The molecule has 34 heavy (non-hydrogen) atoms. The molecule has 0 bridgehead atoms. The van der Waals surface area contributed by atoms with Gasteiger partial charge in [-0.2, -0.15) is 5.26 Å². The molecule has 3 aromatic carbocycles. The molecule has 170 valence electrons. The molecule has 0 aliphatic carbocycles. The molecule has 0 aromatic heterocycles. The number of phenolic OH excluding ortho intramolecular Hbond substituents is 1. The van der Waals surface area contributed by atoms with E-state index in [-0.39, 0.29) is 51.3 Å². The highest BCUT2D eigenvalue weighted by Crippen LogP contribution is 2.43. The number of rotatable bonds is 5. The fourth-order valence-electron chi connectivity index (χ4n) is 3.74. The molecule has 1 heterocycles. The largest absolute Gasteiger partial charge is 0.505 e. The molecule has 1 aliphatic heterocycles. The van der Waals surface area contributed by atoms with E-state index < -0.39 is 23.5 Å². The van der Waals surface area contributed by atoms with Gasteiger partial charge in [0.25, 0.3) is 11.8 Å². The van der Waals surface area contributed by atoms with Gasteiger partial charge in [0.1, 0.15) is 23.0 Å². The number of hydrogen-bond acceptors (Lipinski definition) is 8. The van der Waals surface area contributed by atoms with Gasteiger partial charge in [-0.15, -0.1) is 10.2 Å². The molecule has 10 heteroatoms. The summed E-state index contributed by atoms with van der Waals surface area (Å²) >= 11 is 3.31. The van der Waals surface area contributed by atoms with Crippen molar-refractivity contribution in [3.63, 3.8) is 0 Å². The average molecular weight is 521 g/mol. The number of halogens is 1. The van der Waals surface area contributed by atoms with Crippen LogP contribution in [0.3, 0.4) is 0 Å². The van der Waals surface area contributed by atoms with Gasteiger partial charge in [0.2, 0.25) is 0 Å². The number of fused-ring (bicyclic) bond motifs is 2. The van der Waals surface area contributed by atoms with Crippen molar-refractivity contribution >= 4 is 55.9 Å². The van der Waals surface area contributed by atoms with Crippen molar-refractivity contribution in [1.29, 1.82) is 5.26 Å². The first-order chi connectivity index (χ1) is 16.3. The second kappa shape index (κ2) is 9.03. The summed E-state index contributed by atoms with van der Waals surface area (Å²) in [5.41, 5.74) is 0.141. The normalized spacial score (nSPS) is 12.9. The van der Waals surface area contributed by atoms with Crippen LogP contribution in [-0.2, 0) is 4.74 Å². The second-order valence-corrected chi connectivity index (χ2v) is 8.03. The van der Waals surface area contributed by atoms with Crippen LogP contribution in [0.25, 0.3) is 10.8 Å². The molecule has 1 N–H and O–H groups in total. The van der Waals surface area contributed by atoms with Crippen molar-refractivity contribution in [3.05, 3.63) is 63.1 Å². The summed E-state index contributed by atoms with van der Waals surface area (Å²) < 4.78 is 5.17. The second-order valence-electron chi connectivity index (χ2n) is 7.24. The molecule has 3 aromatic rings. The number of nitriles is 1. The van der Waals surface area contributed by atoms with Crippen LogP contribution < -0.4 is 0 Å². The van der Waals surface area contributed by atoms with E-state index >= 15 is 0 Å². The van der Waals surface area contributed by atoms with Crippen LogP contribution in [0.5, 0.6) is 5.75 Å². The van der Waals surface area contributed by atoms with E-state index in [1.807, 2.05) is 6.07 Å². The molecule has 2 amide bonds. The van der Waals surface area contributed by atoms with Gasteiger partial charge in [0.15, 0.2) is 5.75 Å². The Balaban J connectivity index is 1.91. The number of amides is 2. The van der Waals surface area contributed by atoms with Gasteiger partial charge in [-0.05, 0) is 47.3 Å². The maximum absolute atomic E-state index is 12.7. The number of benzene rings is 3. The minimum absolute atomic E-state index is 0.00460. The molecule has 0 radical (unpaired) electrons. The van der Waals surface area contributed by atoms with E-state index in [1.54, 1.807) is 38.1 Å². The molecule has 0 saturated carbocycles. The Labute approximate surface area is 202 Å². The number of esters is 1. The summed E-state index contributed by atoms with van der Waals surface area (Å²) in [4.78, 5) is 38.7. The number of imide groups is 1. The summed E-state index contributed by atoms with van der Waals surface area (Å²) in [5, 5.41) is 29.9. The van der Waals surface area contributed by atoms with Crippen LogP contribution in [0.4, 0.5) is 11.4 Å². The lowest BCUT2D eigenvalue weighted by Crippen LogP contribution is -2.29. The average Bonchev–Trinajstić information content (AvgIpc) is 3.07. The fraction of sp³-hybridized carbons (Fsp3) is 0.167. The number of carbonyl (C=O) groups is 3. The Morgan fingerprint density at radius 2 is 1.85 bits per heavy atom. The lowest BCUT2D eigenvalue weighted by atomic mass is 10.0. The van der Waals surface area contributed by atoms with Gasteiger partial charge in [0.05, 0.1) is 27.8 Å². The number of nitrogens with zero attached hydrogens (tertiary/aromatic N) is 4. The third-order valence-electron chi connectivity index (χ3n) is 5.35. The molecule has 0 unspecified atom stereocenters. The maximum atomic E-state index is 12.7. The van der Waals surface area contributed by atoms with Gasteiger partial charge in [-0.1, -0.05) is 24.3 Å². The highest BCUT2D eigenvalue weighted by atomic mass is 79.9. The van der Waals surface area contributed by atoms with Gasteiger partial charge in [-0.3, -0.25) is 14.5 Å². The predicted molar refractivity (Wildman–Crippen MR) is 126 cm³/mol. The first-order valence-electron chi connectivity index (χ1n) is 10.3. The molecule has 0 spiro atoms. The summed E-state index contributed by atoms with van der Waals surface area (Å²) in [6.45, 7) is 3.62. The first kappa shape index (κ1) is 23.1. The van der Waals surface area contributed by atoms with Gasteiger partial charge in [0, 0.05) is 11.9 Å². The van der Waals surface area contributed by atoms with Crippen molar-refractivity contribution in [3.8, 4) is 11.8 Å². The maximum Gasteiger partial charge on any atom is 0.342 e. The highest BCUT2D eigenvalue weighted by Gasteiger charge is 2.38. The van der Waals surface area contributed by atoms with Crippen molar-refractivity contribution in [2.75, 3.05) is 13.2 Å². The topological polar surface area (TPSA) is 132 Å². The van der Waals surface area contributed by atoms with Crippen LogP contribution in [0.1, 0.15) is 50.5 Å². The number of ether oxygens (including phenoxy) is 1. The van der Waals surface area contributed by atoms with Gasteiger partial charge in [-0.25, -0.2) is 4.79 Å². The van der Waals surface area contributed by atoms with Crippen molar-refractivity contribution in [2.24, 2.45) is 10.2 Å². The van der Waals surface area contributed by atoms with Crippen LogP contribution in [0, 0.1) is 11.3 Å². The minimum Gasteiger partial charge on any atom is -0.505 e. The fourth-order valence-corrected chi connectivity index (χ4v) is 4.42. The Morgan fingerprint density at radius 3 is 2.53 bits per heavy atom. The Morgan fingerprint density at radius 1 is 1.15 bits per heavy atom.